The van der Waals surface area contributed by atoms with E-state index in [0.717, 1.165) is 0 Å². The second-order valence-electron chi connectivity index (χ2n) is 5.66. The third-order valence-corrected chi connectivity index (χ3v) is 3.71. The van der Waals surface area contributed by atoms with Gasteiger partial charge in [-0.3, -0.25) is 19.2 Å². The van der Waals surface area contributed by atoms with Crippen LogP contribution in [0.1, 0.15) is 20.3 Å². The van der Waals surface area contributed by atoms with Gasteiger partial charge < -0.3 is 20.3 Å². The zero-order chi connectivity index (χ0) is 18.4. The standard InChI is InChI=1S/C17H21N3O5/c1-3-25-16(23)9-18-17(24)12-8-15(22)20(10-12)14-6-4-13(5-7-14)19-11(2)21/h4-7,12H,3,8-10H2,1-2H3,(H,18,24)(H,19,21). The van der Waals surface area contributed by atoms with Crippen LogP contribution in [-0.4, -0.2) is 43.4 Å². The molecule has 134 valence electrons. The molecule has 0 radical (unpaired) electrons. The average Bonchev–Trinajstić information content (AvgIpc) is 2.95. The number of nitrogens with one attached hydrogen (secondary N) is 2. The van der Waals surface area contributed by atoms with Gasteiger partial charge in [-0.15, -0.1) is 0 Å². The van der Waals surface area contributed by atoms with E-state index in [9.17, 15) is 19.2 Å². The van der Waals surface area contributed by atoms with Gasteiger partial charge in [-0.25, -0.2) is 0 Å². The van der Waals surface area contributed by atoms with E-state index in [1.165, 1.54) is 11.8 Å². The molecule has 1 unspecified atom stereocenters. The molecule has 0 saturated carbocycles. The van der Waals surface area contributed by atoms with Crippen molar-refractivity contribution in [3.63, 3.8) is 0 Å². The van der Waals surface area contributed by atoms with Crippen LogP contribution in [0.5, 0.6) is 0 Å². The second kappa shape index (κ2) is 8.27. The van der Waals surface area contributed by atoms with Crippen molar-refractivity contribution in [2.75, 3.05) is 29.9 Å². The van der Waals surface area contributed by atoms with Gasteiger partial charge in [-0.05, 0) is 31.2 Å². The minimum absolute atomic E-state index is 0.0854. The van der Waals surface area contributed by atoms with Crippen molar-refractivity contribution in [2.24, 2.45) is 5.92 Å². The second-order valence-corrected chi connectivity index (χ2v) is 5.66. The van der Waals surface area contributed by atoms with Gasteiger partial charge in [0.25, 0.3) is 0 Å². The van der Waals surface area contributed by atoms with Gasteiger partial charge in [0.2, 0.25) is 17.7 Å². The molecule has 1 aliphatic heterocycles. The number of hydrogen-bond acceptors (Lipinski definition) is 5. The Hall–Kier alpha value is -2.90. The fourth-order valence-electron chi connectivity index (χ4n) is 2.58. The Morgan fingerprint density at radius 1 is 1.24 bits per heavy atom. The van der Waals surface area contributed by atoms with Crippen molar-refractivity contribution in [1.29, 1.82) is 0 Å². The van der Waals surface area contributed by atoms with Crippen molar-refractivity contribution in [3.05, 3.63) is 24.3 Å². The van der Waals surface area contributed by atoms with Gasteiger partial charge >= 0.3 is 5.97 Å². The third-order valence-electron chi connectivity index (χ3n) is 3.71. The van der Waals surface area contributed by atoms with Gasteiger partial charge in [0.15, 0.2) is 0 Å². The molecule has 1 heterocycles. The maximum absolute atomic E-state index is 12.2. The molecule has 1 fully saturated rings. The lowest BCUT2D eigenvalue weighted by Crippen LogP contribution is -2.36. The van der Waals surface area contributed by atoms with Crippen LogP contribution < -0.4 is 15.5 Å². The van der Waals surface area contributed by atoms with Crippen LogP contribution >= 0.6 is 0 Å². The molecule has 0 spiro atoms. The van der Waals surface area contributed by atoms with E-state index >= 15 is 0 Å². The Bertz CT molecular complexity index is 671. The fourth-order valence-corrected chi connectivity index (χ4v) is 2.58. The molecule has 1 saturated heterocycles. The summed E-state index contributed by atoms with van der Waals surface area (Å²) in [5.74, 6) is -1.71. The number of amides is 3. The molecule has 0 aromatic heterocycles. The zero-order valence-electron chi connectivity index (χ0n) is 14.2. The van der Waals surface area contributed by atoms with E-state index < -0.39 is 11.9 Å². The maximum atomic E-state index is 12.2. The van der Waals surface area contributed by atoms with E-state index in [0.29, 0.717) is 11.4 Å². The minimum Gasteiger partial charge on any atom is -0.465 e. The molecule has 8 nitrogen and oxygen atoms in total. The summed E-state index contributed by atoms with van der Waals surface area (Å²) in [6.07, 6.45) is 0.0854. The van der Waals surface area contributed by atoms with Crippen LogP contribution in [0, 0.1) is 5.92 Å². The molecule has 8 heteroatoms. The highest BCUT2D eigenvalue weighted by Crippen LogP contribution is 2.26. The highest BCUT2D eigenvalue weighted by Gasteiger charge is 2.35. The average molecular weight is 347 g/mol. The highest BCUT2D eigenvalue weighted by atomic mass is 16.5. The van der Waals surface area contributed by atoms with Crippen molar-refractivity contribution < 1.29 is 23.9 Å². The maximum Gasteiger partial charge on any atom is 0.325 e. The largest absolute Gasteiger partial charge is 0.465 e. The van der Waals surface area contributed by atoms with E-state index in [-0.39, 0.29) is 43.8 Å². The predicted octanol–water partition coefficient (Wildman–Crippen LogP) is 0.677. The summed E-state index contributed by atoms with van der Waals surface area (Å²) in [6.45, 7) is 3.39. The van der Waals surface area contributed by atoms with Crippen LogP contribution in [0.15, 0.2) is 24.3 Å². The number of benzene rings is 1. The van der Waals surface area contributed by atoms with Gasteiger partial charge in [0.05, 0.1) is 12.5 Å². The van der Waals surface area contributed by atoms with Gasteiger partial charge in [0.1, 0.15) is 6.54 Å². The Kier molecular flexibility index (Phi) is 6.10. The predicted molar refractivity (Wildman–Crippen MR) is 90.8 cm³/mol. The number of rotatable bonds is 6. The van der Waals surface area contributed by atoms with E-state index in [2.05, 4.69) is 10.6 Å². The molecular weight excluding hydrogens is 326 g/mol. The van der Waals surface area contributed by atoms with Crippen LogP contribution in [0.4, 0.5) is 11.4 Å². The Morgan fingerprint density at radius 2 is 1.92 bits per heavy atom. The van der Waals surface area contributed by atoms with Gasteiger partial charge in [-0.1, -0.05) is 0 Å². The van der Waals surface area contributed by atoms with E-state index in [1.54, 1.807) is 31.2 Å². The van der Waals surface area contributed by atoms with Crippen LogP contribution in [0.3, 0.4) is 0 Å². The Morgan fingerprint density at radius 3 is 2.52 bits per heavy atom. The van der Waals surface area contributed by atoms with Crippen molar-refractivity contribution in [2.45, 2.75) is 20.3 Å². The van der Waals surface area contributed by atoms with Crippen molar-refractivity contribution in [3.8, 4) is 0 Å². The van der Waals surface area contributed by atoms with Crippen molar-refractivity contribution >= 4 is 35.1 Å². The van der Waals surface area contributed by atoms with Gasteiger partial charge in [-0.2, -0.15) is 0 Å². The zero-order valence-corrected chi connectivity index (χ0v) is 14.2. The molecule has 2 rings (SSSR count). The van der Waals surface area contributed by atoms with Crippen LogP contribution in [0.25, 0.3) is 0 Å². The topological polar surface area (TPSA) is 105 Å². The Balaban J connectivity index is 1.94. The molecule has 1 atom stereocenters. The lowest BCUT2D eigenvalue weighted by molar-refractivity contribution is -0.143. The van der Waals surface area contributed by atoms with E-state index in [4.69, 9.17) is 4.74 Å². The number of carbonyl (C=O) groups excluding carboxylic acids is 4. The number of anilines is 2. The smallest absolute Gasteiger partial charge is 0.325 e. The fraction of sp³-hybridized carbons (Fsp3) is 0.412. The first kappa shape index (κ1) is 18.4. The third kappa shape index (κ3) is 5.03. The summed E-state index contributed by atoms with van der Waals surface area (Å²) in [6, 6.07) is 6.81. The molecule has 0 aliphatic carbocycles. The van der Waals surface area contributed by atoms with Crippen LogP contribution in [-0.2, 0) is 23.9 Å². The number of ether oxygens (including phenoxy) is 1. The number of esters is 1. The summed E-state index contributed by atoms with van der Waals surface area (Å²) < 4.78 is 4.74. The van der Waals surface area contributed by atoms with E-state index in [1.807, 2.05) is 0 Å². The highest BCUT2D eigenvalue weighted by molar-refractivity contribution is 6.01. The Labute approximate surface area is 145 Å². The van der Waals surface area contributed by atoms with Crippen molar-refractivity contribution in [1.82, 2.24) is 5.32 Å². The lowest BCUT2D eigenvalue weighted by Gasteiger charge is -2.17. The molecule has 1 aromatic rings. The summed E-state index contributed by atoms with van der Waals surface area (Å²) in [4.78, 5) is 48.1. The number of nitrogens with zero attached hydrogens (tertiary/aromatic N) is 1. The molecular formula is C17H21N3O5. The number of carbonyl (C=O) groups is 4. The first-order chi connectivity index (χ1) is 11.9. The molecule has 0 bridgehead atoms. The lowest BCUT2D eigenvalue weighted by atomic mass is 10.1. The molecule has 1 aromatic carbocycles. The molecule has 1 aliphatic rings. The van der Waals surface area contributed by atoms with Gasteiger partial charge in [0, 0.05) is 31.3 Å². The van der Waals surface area contributed by atoms with Crippen LogP contribution in [0.2, 0.25) is 0 Å². The monoisotopic (exact) mass is 347 g/mol. The first-order valence-electron chi connectivity index (χ1n) is 8.02. The summed E-state index contributed by atoms with van der Waals surface area (Å²) in [5, 5.41) is 5.14. The molecule has 3 amide bonds. The normalized spacial score (nSPS) is 16.5. The first-order valence-corrected chi connectivity index (χ1v) is 8.02. The minimum atomic E-state index is -0.517. The molecule has 25 heavy (non-hydrogen) atoms. The quantitative estimate of drug-likeness (QED) is 0.736. The number of hydrogen-bond donors (Lipinski definition) is 2. The summed E-state index contributed by atoms with van der Waals surface area (Å²) in [7, 11) is 0. The SMILES string of the molecule is CCOC(=O)CNC(=O)C1CC(=O)N(c2ccc(NC(C)=O)cc2)C1. The molecule has 2 N–H and O–H groups in total. The summed E-state index contributed by atoms with van der Waals surface area (Å²) >= 11 is 0. The summed E-state index contributed by atoms with van der Waals surface area (Å²) in [5.41, 5.74) is 1.28.